The fraction of sp³-hybridized carbons (Fsp3) is 0. The number of pyridine rings is 2. The number of rotatable bonds is 6. The van der Waals surface area contributed by atoms with Crippen LogP contribution in [0, 0.1) is 11.3 Å². The first kappa shape index (κ1) is 34.8. The molecule has 0 atom stereocenters. The minimum atomic E-state index is 0.614. The van der Waals surface area contributed by atoms with E-state index in [2.05, 4.69) is 109 Å². The number of fused-ring (bicyclic) bond motifs is 5. The molecule has 0 saturated heterocycles. The number of benzene rings is 8. The molecule has 0 fully saturated rings. The molecular formula is C54H32N6. The molecule has 0 radical (unpaired) electrons. The predicted octanol–water partition coefficient (Wildman–Crippen LogP) is 13.1. The van der Waals surface area contributed by atoms with Crippen molar-refractivity contribution in [2.75, 3.05) is 0 Å². The smallest absolute Gasteiger partial charge is 0.164 e. The van der Waals surface area contributed by atoms with Crippen LogP contribution in [-0.2, 0) is 0 Å². The van der Waals surface area contributed by atoms with E-state index in [0.29, 0.717) is 23.0 Å². The lowest BCUT2D eigenvalue weighted by Gasteiger charge is -2.14. The Morgan fingerprint density at radius 3 is 1.42 bits per heavy atom. The zero-order valence-electron chi connectivity index (χ0n) is 32.2. The van der Waals surface area contributed by atoms with Crippen molar-refractivity contribution >= 4 is 43.5 Å². The van der Waals surface area contributed by atoms with Gasteiger partial charge in [0.2, 0.25) is 0 Å². The molecule has 11 rings (SSSR count). The van der Waals surface area contributed by atoms with E-state index in [-0.39, 0.29) is 0 Å². The van der Waals surface area contributed by atoms with Crippen LogP contribution in [0.15, 0.2) is 194 Å². The van der Waals surface area contributed by atoms with Gasteiger partial charge in [0.15, 0.2) is 17.5 Å². The lowest BCUT2D eigenvalue weighted by atomic mass is 9.90. The molecular weight excluding hydrogens is 733 g/mol. The fourth-order valence-corrected chi connectivity index (χ4v) is 8.21. The van der Waals surface area contributed by atoms with E-state index in [1.807, 2.05) is 91.1 Å². The maximum atomic E-state index is 9.50. The molecule has 0 N–H and O–H groups in total. The summed E-state index contributed by atoms with van der Waals surface area (Å²) in [6.07, 6.45) is 1.82. The third-order valence-corrected chi connectivity index (χ3v) is 11.2. The van der Waals surface area contributed by atoms with Gasteiger partial charge in [-0.2, -0.15) is 5.26 Å². The van der Waals surface area contributed by atoms with E-state index in [9.17, 15) is 5.26 Å². The Bertz CT molecular complexity index is 3410. The van der Waals surface area contributed by atoms with Crippen molar-refractivity contribution in [1.82, 2.24) is 24.9 Å². The molecule has 0 aliphatic carbocycles. The highest BCUT2D eigenvalue weighted by molar-refractivity contribution is 6.13. The molecule has 0 aliphatic heterocycles. The Morgan fingerprint density at radius 1 is 0.350 bits per heavy atom. The standard InChI is InChI=1S/C54H32N6/c55-33-34-17-28-49-41(30-34)31-42-32-48(47-16-9-29-56-51(47)50(42)57-49)37-20-18-35(19-21-37)43-26-27-44(46-15-8-7-14-45(43)46)36-22-24-40(25-23-36)54-59-52(38-10-3-1-4-11-38)58-53(60-54)39-12-5-2-6-13-39/h1-32H. The van der Waals surface area contributed by atoms with E-state index in [0.717, 1.165) is 77.2 Å². The number of nitriles is 1. The number of aromatic nitrogens is 5. The quantitative estimate of drug-likeness (QED) is 0.124. The zero-order valence-corrected chi connectivity index (χ0v) is 32.2. The largest absolute Gasteiger partial charge is 0.254 e. The predicted molar refractivity (Wildman–Crippen MR) is 243 cm³/mol. The maximum absolute atomic E-state index is 9.50. The van der Waals surface area contributed by atoms with Crippen LogP contribution in [0.2, 0.25) is 0 Å². The molecule has 3 heterocycles. The van der Waals surface area contributed by atoms with Crippen molar-refractivity contribution < 1.29 is 0 Å². The van der Waals surface area contributed by atoms with E-state index >= 15 is 0 Å². The molecule has 278 valence electrons. The van der Waals surface area contributed by atoms with Gasteiger partial charge >= 0.3 is 0 Å². The summed E-state index contributed by atoms with van der Waals surface area (Å²) < 4.78 is 0. The van der Waals surface area contributed by atoms with Crippen molar-refractivity contribution in [3.63, 3.8) is 0 Å². The lowest BCUT2D eigenvalue weighted by Crippen LogP contribution is -2.00. The number of nitrogens with zero attached hydrogens (tertiary/aromatic N) is 6. The highest BCUT2D eigenvalue weighted by atomic mass is 15.0. The van der Waals surface area contributed by atoms with E-state index in [4.69, 9.17) is 24.9 Å². The Kier molecular flexibility index (Phi) is 8.42. The summed E-state index contributed by atoms with van der Waals surface area (Å²) in [5.74, 6) is 1.91. The second-order valence-electron chi connectivity index (χ2n) is 14.8. The Labute approximate surface area is 345 Å². The first-order valence-corrected chi connectivity index (χ1v) is 19.8. The van der Waals surface area contributed by atoms with Gasteiger partial charge in [-0.15, -0.1) is 0 Å². The van der Waals surface area contributed by atoms with Crippen LogP contribution >= 0.6 is 0 Å². The molecule has 3 aromatic heterocycles. The Balaban J connectivity index is 0.945. The van der Waals surface area contributed by atoms with Crippen LogP contribution in [0.5, 0.6) is 0 Å². The minimum Gasteiger partial charge on any atom is -0.254 e. The highest BCUT2D eigenvalue weighted by Crippen LogP contribution is 2.39. The fourth-order valence-electron chi connectivity index (χ4n) is 8.21. The molecule has 60 heavy (non-hydrogen) atoms. The topological polar surface area (TPSA) is 88.2 Å². The van der Waals surface area contributed by atoms with Gasteiger partial charge in [0.05, 0.1) is 28.2 Å². The average molecular weight is 765 g/mol. The van der Waals surface area contributed by atoms with Crippen molar-refractivity contribution in [2.45, 2.75) is 0 Å². The zero-order chi connectivity index (χ0) is 40.0. The highest BCUT2D eigenvalue weighted by Gasteiger charge is 2.16. The monoisotopic (exact) mass is 764 g/mol. The van der Waals surface area contributed by atoms with Crippen LogP contribution in [0.3, 0.4) is 0 Å². The summed E-state index contributed by atoms with van der Waals surface area (Å²) >= 11 is 0. The molecule has 11 aromatic rings. The van der Waals surface area contributed by atoms with Crippen molar-refractivity contribution in [2.24, 2.45) is 0 Å². The van der Waals surface area contributed by atoms with E-state index in [1.165, 1.54) is 16.3 Å². The van der Waals surface area contributed by atoms with Gasteiger partial charge in [0.1, 0.15) is 0 Å². The van der Waals surface area contributed by atoms with Crippen LogP contribution in [0.1, 0.15) is 5.56 Å². The summed E-state index contributed by atoms with van der Waals surface area (Å²) in [6.45, 7) is 0. The molecule has 0 bridgehead atoms. The van der Waals surface area contributed by atoms with Gasteiger partial charge in [-0.25, -0.2) is 19.9 Å². The molecule has 6 nitrogen and oxygen atoms in total. The third kappa shape index (κ3) is 6.19. The Morgan fingerprint density at radius 2 is 0.850 bits per heavy atom. The van der Waals surface area contributed by atoms with E-state index in [1.54, 1.807) is 0 Å². The van der Waals surface area contributed by atoms with Crippen molar-refractivity contribution in [3.05, 3.63) is 200 Å². The molecule has 0 aliphatic rings. The minimum absolute atomic E-state index is 0.614. The summed E-state index contributed by atoms with van der Waals surface area (Å²) in [7, 11) is 0. The van der Waals surface area contributed by atoms with Crippen LogP contribution in [-0.4, -0.2) is 24.9 Å². The van der Waals surface area contributed by atoms with Crippen molar-refractivity contribution in [3.8, 4) is 73.6 Å². The second kappa shape index (κ2) is 14.5. The second-order valence-corrected chi connectivity index (χ2v) is 14.8. The summed E-state index contributed by atoms with van der Waals surface area (Å²) in [5.41, 5.74) is 12.7. The summed E-state index contributed by atoms with van der Waals surface area (Å²) in [6, 6.07) is 66.7. The van der Waals surface area contributed by atoms with Gasteiger partial charge < -0.3 is 0 Å². The van der Waals surface area contributed by atoms with E-state index < -0.39 is 0 Å². The molecule has 0 saturated carbocycles. The van der Waals surface area contributed by atoms with Gasteiger partial charge in [-0.05, 0) is 80.6 Å². The number of hydrogen-bond acceptors (Lipinski definition) is 6. The number of hydrogen-bond donors (Lipinski definition) is 0. The average Bonchev–Trinajstić information content (AvgIpc) is 3.33. The maximum Gasteiger partial charge on any atom is 0.164 e. The SMILES string of the molecule is N#Cc1ccc2nc3c(cc(-c4ccc(-c5ccc(-c6ccc(-c7nc(-c8ccccc8)nc(-c8ccccc8)n7)cc6)c6ccccc56)cc4)c4cccnc43)cc2c1. The molecule has 0 amide bonds. The molecule has 8 aromatic carbocycles. The molecule has 0 unspecified atom stereocenters. The summed E-state index contributed by atoms with van der Waals surface area (Å²) in [5, 5.41) is 14.8. The summed E-state index contributed by atoms with van der Waals surface area (Å²) in [4.78, 5) is 24.5. The first-order valence-electron chi connectivity index (χ1n) is 19.8. The van der Waals surface area contributed by atoms with Gasteiger partial charge in [-0.3, -0.25) is 4.98 Å². The van der Waals surface area contributed by atoms with Crippen LogP contribution < -0.4 is 0 Å². The van der Waals surface area contributed by atoms with Gasteiger partial charge in [0, 0.05) is 39.0 Å². The van der Waals surface area contributed by atoms with Crippen LogP contribution in [0.4, 0.5) is 0 Å². The first-order chi connectivity index (χ1) is 29.7. The van der Waals surface area contributed by atoms with Crippen molar-refractivity contribution in [1.29, 1.82) is 5.26 Å². The van der Waals surface area contributed by atoms with Crippen LogP contribution in [0.25, 0.3) is 111 Å². The normalized spacial score (nSPS) is 11.3. The van der Waals surface area contributed by atoms with Gasteiger partial charge in [0.25, 0.3) is 0 Å². The molecule has 0 spiro atoms. The lowest BCUT2D eigenvalue weighted by molar-refractivity contribution is 1.07. The molecule has 6 heteroatoms. The Hall–Kier alpha value is -8.40. The van der Waals surface area contributed by atoms with Gasteiger partial charge in [-0.1, -0.05) is 152 Å². The third-order valence-electron chi connectivity index (χ3n) is 11.2.